The van der Waals surface area contributed by atoms with Gasteiger partial charge in [0.05, 0.1) is 0 Å². The lowest BCUT2D eigenvalue weighted by atomic mass is 10.1. The third kappa shape index (κ3) is 4.11. The average molecular weight is 348 g/mol. The Kier molecular flexibility index (Phi) is 5.88. The molecule has 0 radical (unpaired) electrons. The SMILES string of the molecule is CCCCCC1CCCN1C(=O)Nc1n[nH]nc1C(=O)N1CCCC1. The van der Waals surface area contributed by atoms with Crippen molar-refractivity contribution < 1.29 is 9.59 Å². The van der Waals surface area contributed by atoms with Gasteiger partial charge in [-0.3, -0.25) is 10.1 Å². The standard InChI is InChI=1S/C17H28N6O2/c1-2-3-4-8-13-9-7-12-23(13)17(25)18-15-14(19-21-20-15)16(24)22-10-5-6-11-22/h13H,2-12H2,1H3,(H2,18,19,20,21,25). The summed E-state index contributed by atoms with van der Waals surface area (Å²) in [4.78, 5) is 28.8. The van der Waals surface area contributed by atoms with Crippen LogP contribution in [0.3, 0.4) is 0 Å². The number of nitrogens with zero attached hydrogens (tertiary/aromatic N) is 4. The number of aromatic amines is 1. The molecule has 0 saturated carbocycles. The Morgan fingerprint density at radius 2 is 1.96 bits per heavy atom. The molecule has 3 amide bonds. The van der Waals surface area contributed by atoms with E-state index in [9.17, 15) is 9.59 Å². The molecule has 138 valence electrons. The highest BCUT2D eigenvalue weighted by Gasteiger charge is 2.31. The highest BCUT2D eigenvalue weighted by molar-refractivity contribution is 6.00. The number of rotatable bonds is 6. The van der Waals surface area contributed by atoms with Gasteiger partial charge in [0.2, 0.25) is 0 Å². The molecule has 1 atom stereocenters. The van der Waals surface area contributed by atoms with Crippen LogP contribution in [0, 0.1) is 0 Å². The predicted molar refractivity (Wildman–Crippen MR) is 94.4 cm³/mol. The molecular formula is C17H28N6O2. The van der Waals surface area contributed by atoms with Crippen LogP contribution in [0.25, 0.3) is 0 Å². The first-order valence-electron chi connectivity index (χ1n) is 9.48. The zero-order valence-electron chi connectivity index (χ0n) is 15.0. The monoisotopic (exact) mass is 348 g/mol. The van der Waals surface area contributed by atoms with E-state index in [4.69, 9.17) is 0 Å². The van der Waals surface area contributed by atoms with Gasteiger partial charge in [0.25, 0.3) is 5.91 Å². The van der Waals surface area contributed by atoms with Crippen LogP contribution in [0.15, 0.2) is 0 Å². The molecule has 8 heteroatoms. The first kappa shape index (κ1) is 17.7. The quantitative estimate of drug-likeness (QED) is 0.773. The molecule has 2 fully saturated rings. The maximum Gasteiger partial charge on any atom is 0.323 e. The van der Waals surface area contributed by atoms with E-state index in [-0.39, 0.29) is 29.5 Å². The topological polar surface area (TPSA) is 94.2 Å². The zero-order chi connectivity index (χ0) is 17.6. The first-order chi connectivity index (χ1) is 12.2. The van der Waals surface area contributed by atoms with Crippen LogP contribution in [0.4, 0.5) is 10.6 Å². The summed E-state index contributed by atoms with van der Waals surface area (Å²) >= 11 is 0. The van der Waals surface area contributed by atoms with Crippen LogP contribution in [0.1, 0.15) is 68.8 Å². The Morgan fingerprint density at radius 1 is 1.16 bits per heavy atom. The summed E-state index contributed by atoms with van der Waals surface area (Å²) in [6.07, 6.45) is 8.67. The molecule has 2 saturated heterocycles. The maximum absolute atomic E-state index is 12.7. The molecular weight excluding hydrogens is 320 g/mol. The van der Waals surface area contributed by atoms with Gasteiger partial charge in [-0.2, -0.15) is 5.21 Å². The van der Waals surface area contributed by atoms with Gasteiger partial charge in [0, 0.05) is 25.7 Å². The smallest absolute Gasteiger partial charge is 0.323 e. The number of H-pyrrole nitrogens is 1. The molecule has 1 aromatic heterocycles. The van der Waals surface area contributed by atoms with Crippen molar-refractivity contribution >= 4 is 17.8 Å². The van der Waals surface area contributed by atoms with E-state index in [1.165, 1.54) is 12.8 Å². The van der Waals surface area contributed by atoms with Gasteiger partial charge in [-0.25, -0.2) is 4.79 Å². The Balaban J connectivity index is 1.61. The summed E-state index contributed by atoms with van der Waals surface area (Å²) in [5.41, 5.74) is 0.206. The summed E-state index contributed by atoms with van der Waals surface area (Å²) in [7, 11) is 0. The lowest BCUT2D eigenvalue weighted by Gasteiger charge is -2.24. The zero-order valence-corrected chi connectivity index (χ0v) is 15.0. The largest absolute Gasteiger partial charge is 0.337 e. The van der Waals surface area contributed by atoms with Gasteiger partial charge >= 0.3 is 6.03 Å². The van der Waals surface area contributed by atoms with Gasteiger partial charge in [-0.1, -0.05) is 26.2 Å². The molecule has 0 bridgehead atoms. The number of unbranched alkanes of at least 4 members (excludes halogenated alkanes) is 2. The second kappa shape index (κ2) is 8.31. The maximum atomic E-state index is 12.7. The summed E-state index contributed by atoms with van der Waals surface area (Å²) in [6.45, 7) is 4.42. The molecule has 0 aliphatic carbocycles. The lowest BCUT2D eigenvalue weighted by molar-refractivity contribution is 0.0788. The third-order valence-corrected chi connectivity index (χ3v) is 5.15. The van der Waals surface area contributed by atoms with Crippen LogP contribution in [-0.2, 0) is 0 Å². The number of nitrogens with one attached hydrogen (secondary N) is 2. The van der Waals surface area contributed by atoms with Gasteiger partial charge < -0.3 is 9.80 Å². The number of carbonyl (C=O) groups excluding carboxylic acids is 2. The van der Waals surface area contributed by atoms with Crippen molar-refractivity contribution in [3.63, 3.8) is 0 Å². The molecule has 3 rings (SSSR count). The molecule has 2 N–H and O–H groups in total. The number of urea groups is 1. The van der Waals surface area contributed by atoms with E-state index in [1.807, 2.05) is 4.90 Å². The van der Waals surface area contributed by atoms with Crippen LogP contribution in [0.5, 0.6) is 0 Å². The average Bonchev–Trinajstić information content (AvgIpc) is 3.36. The first-order valence-corrected chi connectivity index (χ1v) is 9.48. The molecule has 3 heterocycles. The highest BCUT2D eigenvalue weighted by atomic mass is 16.2. The minimum atomic E-state index is -0.177. The van der Waals surface area contributed by atoms with E-state index in [0.29, 0.717) is 0 Å². The van der Waals surface area contributed by atoms with Crippen molar-refractivity contribution in [3.8, 4) is 0 Å². The highest BCUT2D eigenvalue weighted by Crippen LogP contribution is 2.24. The molecule has 1 unspecified atom stereocenters. The molecule has 25 heavy (non-hydrogen) atoms. The van der Waals surface area contributed by atoms with Gasteiger partial charge in [-0.15, -0.1) is 10.2 Å². The van der Waals surface area contributed by atoms with Crippen LogP contribution in [0.2, 0.25) is 0 Å². The van der Waals surface area contributed by atoms with E-state index in [0.717, 1.165) is 58.2 Å². The number of carbonyl (C=O) groups is 2. The third-order valence-electron chi connectivity index (χ3n) is 5.15. The van der Waals surface area contributed by atoms with E-state index < -0.39 is 0 Å². The number of aromatic nitrogens is 3. The van der Waals surface area contributed by atoms with E-state index >= 15 is 0 Å². The molecule has 2 aliphatic heterocycles. The summed E-state index contributed by atoms with van der Waals surface area (Å²) in [6, 6.07) is 0.111. The minimum absolute atomic E-state index is 0.164. The number of amides is 3. The Hall–Kier alpha value is -2.12. The fourth-order valence-electron chi connectivity index (χ4n) is 3.74. The molecule has 1 aromatic rings. The van der Waals surface area contributed by atoms with Crippen LogP contribution >= 0.6 is 0 Å². The summed E-state index contributed by atoms with van der Waals surface area (Å²) < 4.78 is 0. The van der Waals surface area contributed by atoms with Gasteiger partial charge in [-0.05, 0) is 32.1 Å². The van der Waals surface area contributed by atoms with Crippen molar-refractivity contribution in [2.75, 3.05) is 25.0 Å². The number of anilines is 1. The number of likely N-dealkylation sites (tertiary alicyclic amines) is 2. The van der Waals surface area contributed by atoms with Crippen molar-refractivity contribution in [1.29, 1.82) is 0 Å². The second-order valence-electron chi connectivity index (χ2n) is 6.94. The molecule has 0 aromatic carbocycles. The molecule has 0 spiro atoms. The summed E-state index contributed by atoms with van der Waals surface area (Å²) in [5, 5.41) is 13.2. The van der Waals surface area contributed by atoms with Gasteiger partial charge in [0.15, 0.2) is 11.5 Å². The molecule has 2 aliphatic rings. The van der Waals surface area contributed by atoms with Crippen molar-refractivity contribution in [3.05, 3.63) is 5.69 Å². The Labute approximate surface area is 148 Å². The van der Waals surface area contributed by atoms with Crippen molar-refractivity contribution in [1.82, 2.24) is 25.2 Å². The number of hydrogen-bond acceptors (Lipinski definition) is 4. The number of hydrogen-bond donors (Lipinski definition) is 2. The Morgan fingerprint density at radius 3 is 2.72 bits per heavy atom. The predicted octanol–water partition coefficient (Wildman–Crippen LogP) is 2.62. The van der Waals surface area contributed by atoms with Crippen molar-refractivity contribution in [2.24, 2.45) is 0 Å². The Bertz CT molecular complexity index is 596. The van der Waals surface area contributed by atoms with Crippen molar-refractivity contribution in [2.45, 2.75) is 64.3 Å². The normalized spacial score (nSPS) is 20.3. The minimum Gasteiger partial charge on any atom is -0.337 e. The van der Waals surface area contributed by atoms with E-state index in [2.05, 4.69) is 27.7 Å². The molecule has 8 nitrogen and oxygen atoms in total. The van der Waals surface area contributed by atoms with E-state index in [1.54, 1.807) is 4.90 Å². The lowest BCUT2D eigenvalue weighted by Crippen LogP contribution is -2.39. The fraction of sp³-hybridized carbons (Fsp3) is 0.765. The summed E-state index contributed by atoms with van der Waals surface area (Å²) in [5.74, 6) is 0.0728. The van der Waals surface area contributed by atoms with Gasteiger partial charge in [0.1, 0.15) is 0 Å². The van der Waals surface area contributed by atoms with Crippen LogP contribution in [-0.4, -0.2) is 62.8 Å². The second-order valence-corrected chi connectivity index (χ2v) is 6.94. The van der Waals surface area contributed by atoms with Crippen LogP contribution < -0.4 is 5.32 Å². The fourth-order valence-corrected chi connectivity index (χ4v) is 3.74.